The van der Waals surface area contributed by atoms with Crippen LogP contribution in [-0.4, -0.2) is 26.1 Å². The SMILES string of the molecule is N#Cc1ccc(NCc2cn(CC(=O)O)nn2)cc1Br. The molecule has 8 heteroatoms. The molecule has 0 unspecified atom stereocenters. The van der Waals surface area contributed by atoms with Gasteiger partial charge >= 0.3 is 5.97 Å². The molecule has 0 aliphatic carbocycles. The molecule has 0 fully saturated rings. The van der Waals surface area contributed by atoms with Gasteiger partial charge in [-0.25, -0.2) is 4.68 Å². The van der Waals surface area contributed by atoms with Crippen LogP contribution in [0.4, 0.5) is 5.69 Å². The molecule has 2 N–H and O–H groups in total. The summed E-state index contributed by atoms with van der Waals surface area (Å²) in [4.78, 5) is 10.5. The summed E-state index contributed by atoms with van der Waals surface area (Å²) in [5.74, 6) is -0.967. The minimum atomic E-state index is -0.967. The van der Waals surface area contributed by atoms with E-state index in [1.54, 1.807) is 24.4 Å². The fraction of sp³-hybridized carbons (Fsp3) is 0.167. The van der Waals surface area contributed by atoms with Crippen LogP contribution < -0.4 is 5.32 Å². The Balaban J connectivity index is 1.98. The van der Waals surface area contributed by atoms with Gasteiger partial charge in [-0.15, -0.1) is 5.10 Å². The van der Waals surface area contributed by atoms with E-state index in [4.69, 9.17) is 10.4 Å². The quantitative estimate of drug-likeness (QED) is 0.860. The Morgan fingerprint density at radius 1 is 1.55 bits per heavy atom. The van der Waals surface area contributed by atoms with Crippen LogP contribution in [0.1, 0.15) is 11.3 Å². The lowest BCUT2D eigenvalue weighted by atomic mass is 10.2. The van der Waals surface area contributed by atoms with Crippen LogP contribution in [0.15, 0.2) is 28.9 Å². The first kappa shape index (κ1) is 14.0. The third-order valence-electron chi connectivity index (χ3n) is 2.45. The van der Waals surface area contributed by atoms with Crippen molar-refractivity contribution in [3.05, 3.63) is 40.1 Å². The zero-order valence-electron chi connectivity index (χ0n) is 10.2. The van der Waals surface area contributed by atoms with Crippen LogP contribution in [-0.2, 0) is 17.9 Å². The summed E-state index contributed by atoms with van der Waals surface area (Å²) in [7, 11) is 0. The van der Waals surface area contributed by atoms with Gasteiger partial charge < -0.3 is 10.4 Å². The molecular formula is C12H10BrN5O2. The number of benzene rings is 1. The van der Waals surface area contributed by atoms with Gasteiger partial charge in [0.1, 0.15) is 18.3 Å². The number of halogens is 1. The van der Waals surface area contributed by atoms with Gasteiger partial charge in [-0.3, -0.25) is 4.79 Å². The molecule has 0 spiro atoms. The Morgan fingerprint density at radius 2 is 2.35 bits per heavy atom. The van der Waals surface area contributed by atoms with E-state index in [1.807, 2.05) is 0 Å². The number of nitriles is 1. The van der Waals surface area contributed by atoms with E-state index in [1.165, 1.54) is 4.68 Å². The van der Waals surface area contributed by atoms with Crippen LogP contribution in [0.2, 0.25) is 0 Å². The molecule has 0 atom stereocenters. The maximum Gasteiger partial charge on any atom is 0.325 e. The maximum absolute atomic E-state index is 10.5. The highest BCUT2D eigenvalue weighted by molar-refractivity contribution is 9.10. The zero-order chi connectivity index (χ0) is 14.5. The summed E-state index contributed by atoms with van der Waals surface area (Å²) >= 11 is 3.30. The summed E-state index contributed by atoms with van der Waals surface area (Å²) in [6, 6.07) is 7.34. The van der Waals surface area contributed by atoms with Crippen molar-refractivity contribution in [2.75, 3.05) is 5.32 Å². The molecule has 102 valence electrons. The van der Waals surface area contributed by atoms with Crippen molar-refractivity contribution in [2.45, 2.75) is 13.1 Å². The molecule has 2 aromatic rings. The van der Waals surface area contributed by atoms with Crippen molar-refractivity contribution >= 4 is 27.6 Å². The van der Waals surface area contributed by atoms with E-state index in [-0.39, 0.29) is 6.54 Å². The molecule has 1 aromatic carbocycles. The second kappa shape index (κ2) is 6.16. The highest BCUT2D eigenvalue weighted by atomic mass is 79.9. The van der Waals surface area contributed by atoms with Crippen molar-refractivity contribution < 1.29 is 9.90 Å². The average molecular weight is 336 g/mol. The first-order valence-corrected chi connectivity index (χ1v) is 6.42. The molecule has 1 aromatic heterocycles. The smallest absolute Gasteiger partial charge is 0.325 e. The number of carboxylic acid groups (broad SMARTS) is 1. The number of nitrogens with zero attached hydrogens (tertiary/aromatic N) is 4. The summed E-state index contributed by atoms with van der Waals surface area (Å²) in [5, 5.41) is 28.1. The van der Waals surface area contributed by atoms with Crippen molar-refractivity contribution in [3.8, 4) is 6.07 Å². The van der Waals surface area contributed by atoms with Crippen molar-refractivity contribution in [1.82, 2.24) is 15.0 Å². The molecule has 2 rings (SSSR count). The summed E-state index contributed by atoms with van der Waals surface area (Å²) in [6.45, 7) is 0.202. The molecule has 0 radical (unpaired) electrons. The van der Waals surface area contributed by atoms with E-state index < -0.39 is 5.97 Å². The molecule has 20 heavy (non-hydrogen) atoms. The highest BCUT2D eigenvalue weighted by Crippen LogP contribution is 2.21. The molecule has 0 aliphatic rings. The number of aliphatic carboxylic acids is 1. The number of carbonyl (C=O) groups is 1. The second-order valence-electron chi connectivity index (χ2n) is 3.96. The molecule has 7 nitrogen and oxygen atoms in total. The normalized spacial score (nSPS) is 10.0. The number of hydrogen-bond donors (Lipinski definition) is 2. The monoisotopic (exact) mass is 335 g/mol. The maximum atomic E-state index is 10.5. The lowest BCUT2D eigenvalue weighted by molar-refractivity contribution is -0.137. The van der Waals surface area contributed by atoms with Gasteiger partial charge in [0.25, 0.3) is 0 Å². The average Bonchev–Trinajstić information content (AvgIpc) is 2.83. The lowest BCUT2D eigenvalue weighted by Crippen LogP contribution is -2.09. The van der Waals surface area contributed by atoms with E-state index in [0.29, 0.717) is 22.3 Å². The number of aromatic nitrogens is 3. The zero-order valence-corrected chi connectivity index (χ0v) is 11.8. The van der Waals surface area contributed by atoms with E-state index in [2.05, 4.69) is 37.6 Å². The van der Waals surface area contributed by atoms with Crippen LogP contribution in [0.25, 0.3) is 0 Å². The second-order valence-corrected chi connectivity index (χ2v) is 4.82. The predicted octanol–water partition coefficient (Wildman–Crippen LogP) is 1.61. The Labute approximate surface area is 123 Å². The van der Waals surface area contributed by atoms with E-state index in [9.17, 15) is 4.79 Å². The van der Waals surface area contributed by atoms with Crippen LogP contribution in [0, 0.1) is 11.3 Å². The van der Waals surface area contributed by atoms with Gasteiger partial charge in [-0.05, 0) is 34.1 Å². The summed E-state index contributed by atoms with van der Waals surface area (Å²) < 4.78 is 1.97. The van der Waals surface area contributed by atoms with Gasteiger partial charge in [-0.2, -0.15) is 5.26 Å². The van der Waals surface area contributed by atoms with Crippen LogP contribution in [0.3, 0.4) is 0 Å². The first-order chi connectivity index (χ1) is 9.58. The topological polar surface area (TPSA) is 104 Å². The van der Waals surface area contributed by atoms with Gasteiger partial charge in [-0.1, -0.05) is 5.21 Å². The van der Waals surface area contributed by atoms with Gasteiger partial charge in [0.05, 0.1) is 18.3 Å². The molecule has 0 aliphatic heterocycles. The Hall–Kier alpha value is -2.40. The summed E-state index contributed by atoms with van der Waals surface area (Å²) in [6.07, 6.45) is 1.57. The van der Waals surface area contributed by atoms with Crippen LogP contribution in [0.5, 0.6) is 0 Å². The first-order valence-electron chi connectivity index (χ1n) is 5.63. The standard InChI is InChI=1S/C12H10BrN5O2/c13-11-3-9(2-1-8(11)4-14)15-5-10-6-18(17-16-10)7-12(19)20/h1-3,6,15H,5,7H2,(H,19,20). The number of rotatable bonds is 5. The largest absolute Gasteiger partial charge is 0.480 e. The van der Waals surface area contributed by atoms with E-state index in [0.717, 1.165) is 5.69 Å². The third kappa shape index (κ3) is 3.55. The van der Waals surface area contributed by atoms with Gasteiger partial charge in [0.2, 0.25) is 0 Å². The predicted molar refractivity (Wildman–Crippen MR) is 73.8 cm³/mol. The van der Waals surface area contributed by atoms with Crippen molar-refractivity contribution in [1.29, 1.82) is 5.26 Å². The fourth-order valence-electron chi connectivity index (χ4n) is 1.54. The van der Waals surface area contributed by atoms with Crippen LogP contribution >= 0.6 is 15.9 Å². The fourth-order valence-corrected chi connectivity index (χ4v) is 2.01. The minimum Gasteiger partial charge on any atom is -0.480 e. The Morgan fingerprint density at radius 3 is 3.00 bits per heavy atom. The number of carboxylic acids is 1. The third-order valence-corrected chi connectivity index (χ3v) is 3.10. The van der Waals surface area contributed by atoms with Gasteiger partial charge in [0, 0.05) is 10.2 Å². The molecule has 0 saturated carbocycles. The minimum absolute atomic E-state index is 0.213. The number of nitrogens with one attached hydrogen (secondary N) is 1. The lowest BCUT2D eigenvalue weighted by Gasteiger charge is -2.05. The molecular weight excluding hydrogens is 326 g/mol. The Kier molecular flexibility index (Phi) is 4.32. The number of anilines is 1. The highest BCUT2D eigenvalue weighted by Gasteiger charge is 2.05. The van der Waals surface area contributed by atoms with Crippen molar-refractivity contribution in [2.24, 2.45) is 0 Å². The van der Waals surface area contributed by atoms with Crippen molar-refractivity contribution in [3.63, 3.8) is 0 Å². The molecule has 1 heterocycles. The molecule has 0 amide bonds. The molecule has 0 bridgehead atoms. The molecule has 0 saturated heterocycles. The summed E-state index contributed by atoms with van der Waals surface area (Å²) in [5.41, 5.74) is 2.01. The Bertz CT molecular complexity index is 677. The van der Waals surface area contributed by atoms with Gasteiger partial charge in [0.15, 0.2) is 0 Å². The van der Waals surface area contributed by atoms with E-state index >= 15 is 0 Å². The number of hydrogen-bond acceptors (Lipinski definition) is 5.